The second-order valence-electron chi connectivity index (χ2n) is 8.19. The molecule has 3 aromatic rings. The smallest absolute Gasteiger partial charge is 0.335 e. The summed E-state index contributed by atoms with van der Waals surface area (Å²) in [5.74, 6) is 0.0286. The van der Waals surface area contributed by atoms with Gasteiger partial charge in [-0.3, -0.25) is 4.98 Å². The summed E-state index contributed by atoms with van der Waals surface area (Å²) in [5.41, 5.74) is 4.60. The van der Waals surface area contributed by atoms with Gasteiger partial charge in [0.05, 0.1) is 11.7 Å². The van der Waals surface area contributed by atoms with Gasteiger partial charge in [-0.25, -0.2) is 4.79 Å². The Bertz CT molecular complexity index is 1050. The van der Waals surface area contributed by atoms with Crippen molar-refractivity contribution < 1.29 is 19.7 Å². The molecule has 0 saturated carbocycles. The highest BCUT2D eigenvalue weighted by Crippen LogP contribution is 2.29. The lowest BCUT2D eigenvalue weighted by molar-refractivity contribution is 0.0696. The largest absolute Gasteiger partial charge is 0.489 e. The SMILES string of the molecule is O=C(O)c1cccc(CCc2ccc3c(c2)CC[C@@H](CNC[C@H](O)c2cccnc2)O3)c1. The maximum absolute atomic E-state index is 11.1. The van der Waals surface area contributed by atoms with Crippen molar-refractivity contribution >= 4 is 5.97 Å². The second-order valence-corrected chi connectivity index (χ2v) is 8.19. The summed E-state index contributed by atoms with van der Waals surface area (Å²) in [6.45, 7) is 1.14. The second kappa shape index (κ2) is 10.4. The molecule has 2 heterocycles. The van der Waals surface area contributed by atoms with Crippen molar-refractivity contribution in [2.24, 2.45) is 0 Å². The van der Waals surface area contributed by atoms with E-state index in [0.717, 1.165) is 42.6 Å². The fraction of sp³-hybridized carbons (Fsp3) is 0.308. The number of hydrogen-bond donors (Lipinski definition) is 3. The van der Waals surface area contributed by atoms with E-state index in [1.807, 2.05) is 24.3 Å². The molecule has 2 aromatic carbocycles. The number of aliphatic hydroxyl groups excluding tert-OH is 1. The number of carboxylic acid groups (broad SMARTS) is 1. The molecule has 3 N–H and O–H groups in total. The van der Waals surface area contributed by atoms with Gasteiger partial charge in [0.1, 0.15) is 11.9 Å². The molecule has 166 valence electrons. The Hall–Kier alpha value is -3.22. The van der Waals surface area contributed by atoms with Crippen molar-refractivity contribution in [3.63, 3.8) is 0 Å². The van der Waals surface area contributed by atoms with Crippen molar-refractivity contribution in [2.75, 3.05) is 13.1 Å². The molecule has 1 aliphatic rings. The Kier molecular flexibility index (Phi) is 7.14. The van der Waals surface area contributed by atoms with E-state index in [4.69, 9.17) is 9.84 Å². The summed E-state index contributed by atoms with van der Waals surface area (Å²) in [4.78, 5) is 15.2. The Balaban J connectivity index is 1.27. The van der Waals surface area contributed by atoms with Gasteiger partial charge in [0.2, 0.25) is 0 Å². The average molecular weight is 433 g/mol. The quantitative estimate of drug-likeness (QED) is 0.479. The number of fused-ring (bicyclic) bond motifs is 1. The number of ether oxygens (including phenoxy) is 1. The van der Waals surface area contributed by atoms with Crippen LogP contribution in [-0.4, -0.2) is 40.4 Å². The molecule has 0 radical (unpaired) electrons. The number of aryl methyl sites for hydroxylation is 3. The molecule has 32 heavy (non-hydrogen) atoms. The summed E-state index contributed by atoms with van der Waals surface area (Å²) >= 11 is 0. The zero-order valence-corrected chi connectivity index (χ0v) is 17.9. The van der Waals surface area contributed by atoms with Gasteiger partial charge in [0.25, 0.3) is 0 Å². The van der Waals surface area contributed by atoms with Crippen LogP contribution in [0.3, 0.4) is 0 Å². The first-order valence-electron chi connectivity index (χ1n) is 11.0. The van der Waals surface area contributed by atoms with Crippen LogP contribution in [0.2, 0.25) is 0 Å². The number of hydrogen-bond acceptors (Lipinski definition) is 5. The van der Waals surface area contributed by atoms with Crippen molar-refractivity contribution in [3.05, 3.63) is 94.8 Å². The van der Waals surface area contributed by atoms with Crippen LogP contribution in [0.25, 0.3) is 0 Å². The van der Waals surface area contributed by atoms with Gasteiger partial charge in [0, 0.05) is 31.0 Å². The summed E-state index contributed by atoms with van der Waals surface area (Å²) in [5, 5.41) is 22.7. The summed E-state index contributed by atoms with van der Waals surface area (Å²) < 4.78 is 6.16. The van der Waals surface area contributed by atoms with Gasteiger partial charge in [0.15, 0.2) is 0 Å². The van der Waals surface area contributed by atoms with Gasteiger partial charge in [-0.2, -0.15) is 0 Å². The number of benzene rings is 2. The number of pyridine rings is 1. The standard InChI is InChI=1S/C26H28N2O4/c29-24(22-5-2-12-27-15-22)17-28-16-23-10-9-20-13-19(8-11-25(20)32-23)7-6-18-3-1-4-21(14-18)26(30)31/h1-5,8,11-15,23-24,28-29H,6-7,9-10,16-17H2,(H,30,31)/t23-,24-/m0/s1. The van der Waals surface area contributed by atoms with Crippen molar-refractivity contribution in [3.8, 4) is 5.75 Å². The maximum Gasteiger partial charge on any atom is 0.335 e. The molecular weight excluding hydrogens is 404 g/mol. The number of rotatable bonds is 9. The molecule has 0 aliphatic carbocycles. The van der Waals surface area contributed by atoms with Crippen LogP contribution in [-0.2, 0) is 19.3 Å². The fourth-order valence-electron chi connectivity index (χ4n) is 4.02. The summed E-state index contributed by atoms with van der Waals surface area (Å²) in [6.07, 6.45) is 6.40. The third kappa shape index (κ3) is 5.72. The van der Waals surface area contributed by atoms with E-state index in [-0.39, 0.29) is 6.10 Å². The van der Waals surface area contributed by atoms with Crippen LogP contribution in [0.15, 0.2) is 67.0 Å². The third-order valence-corrected chi connectivity index (χ3v) is 5.81. The van der Waals surface area contributed by atoms with E-state index >= 15 is 0 Å². The summed E-state index contributed by atoms with van der Waals surface area (Å²) in [7, 11) is 0. The number of aliphatic hydroxyl groups is 1. The molecule has 6 heteroatoms. The number of nitrogens with one attached hydrogen (secondary N) is 1. The Morgan fingerprint density at radius 1 is 1.12 bits per heavy atom. The van der Waals surface area contributed by atoms with Gasteiger partial charge < -0.3 is 20.3 Å². The molecule has 1 aliphatic heterocycles. The van der Waals surface area contributed by atoms with Gasteiger partial charge in [-0.15, -0.1) is 0 Å². The Labute approximate surface area is 187 Å². The molecule has 2 atom stereocenters. The highest BCUT2D eigenvalue weighted by atomic mass is 16.5. The maximum atomic E-state index is 11.1. The van der Waals surface area contributed by atoms with Gasteiger partial charge in [-0.1, -0.05) is 30.3 Å². The fourth-order valence-corrected chi connectivity index (χ4v) is 4.02. The first-order chi connectivity index (χ1) is 15.6. The van der Waals surface area contributed by atoms with Crippen LogP contribution in [0.4, 0.5) is 0 Å². The van der Waals surface area contributed by atoms with Crippen molar-refractivity contribution in [2.45, 2.75) is 37.9 Å². The zero-order valence-electron chi connectivity index (χ0n) is 17.9. The van der Waals surface area contributed by atoms with Crippen molar-refractivity contribution in [1.29, 1.82) is 0 Å². The number of carboxylic acids is 1. The van der Waals surface area contributed by atoms with E-state index in [9.17, 15) is 9.90 Å². The molecule has 4 rings (SSSR count). The highest BCUT2D eigenvalue weighted by Gasteiger charge is 2.20. The molecule has 0 saturated heterocycles. The summed E-state index contributed by atoms with van der Waals surface area (Å²) in [6, 6.07) is 17.1. The molecule has 1 aromatic heterocycles. The molecule has 0 amide bonds. The predicted octanol–water partition coefficient (Wildman–Crippen LogP) is 3.58. The molecule has 6 nitrogen and oxygen atoms in total. The van der Waals surface area contributed by atoms with Gasteiger partial charge in [-0.05, 0) is 66.6 Å². The Morgan fingerprint density at radius 2 is 1.97 bits per heavy atom. The number of nitrogens with zero attached hydrogens (tertiary/aromatic N) is 1. The van der Waals surface area contributed by atoms with Gasteiger partial charge >= 0.3 is 5.97 Å². The lowest BCUT2D eigenvalue weighted by Crippen LogP contribution is -2.36. The molecule has 0 fully saturated rings. The average Bonchev–Trinajstić information content (AvgIpc) is 2.83. The molecule has 0 spiro atoms. The van der Waals surface area contributed by atoms with Crippen LogP contribution >= 0.6 is 0 Å². The van der Waals surface area contributed by atoms with Crippen LogP contribution in [0, 0.1) is 0 Å². The third-order valence-electron chi connectivity index (χ3n) is 5.81. The molecule has 0 bridgehead atoms. The Morgan fingerprint density at radius 3 is 2.75 bits per heavy atom. The van der Waals surface area contributed by atoms with E-state index in [1.54, 1.807) is 30.6 Å². The molecular formula is C26H28N2O4. The van der Waals surface area contributed by atoms with Crippen LogP contribution < -0.4 is 10.1 Å². The van der Waals surface area contributed by atoms with Crippen LogP contribution in [0.5, 0.6) is 5.75 Å². The number of carbonyl (C=O) groups is 1. The van der Waals surface area contributed by atoms with Crippen molar-refractivity contribution in [1.82, 2.24) is 10.3 Å². The first-order valence-corrected chi connectivity index (χ1v) is 11.0. The zero-order chi connectivity index (χ0) is 22.3. The van der Waals surface area contributed by atoms with E-state index in [1.165, 1.54) is 11.1 Å². The van der Waals surface area contributed by atoms with E-state index in [0.29, 0.717) is 18.7 Å². The number of aromatic nitrogens is 1. The minimum Gasteiger partial charge on any atom is -0.489 e. The lowest BCUT2D eigenvalue weighted by Gasteiger charge is -2.27. The van der Waals surface area contributed by atoms with E-state index in [2.05, 4.69) is 22.4 Å². The minimum atomic E-state index is -0.895. The minimum absolute atomic E-state index is 0.0770. The number of aromatic carboxylic acids is 1. The topological polar surface area (TPSA) is 91.7 Å². The predicted molar refractivity (Wildman–Crippen MR) is 122 cm³/mol. The highest BCUT2D eigenvalue weighted by molar-refractivity contribution is 5.87. The monoisotopic (exact) mass is 432 g/mol. The molecule has 0 unspecified atom stereocenters. The first kappa shape index (κ1) is 22.0. The van der Waals surface area contributed by atoms with E-state index < -0.39 is 12.1 Å². The lowest BCUT2D eigenvalue weighted by atomic mass is 9.97. The van der Waals surface area contributed by atoms with Crippen LogP contribution in [0.1, 0.15) is 45.1 Å². The normalized spacial score (nSPS) is 16.1.